The van der Waals surface area contributed by atoms with Gasteiger partial charge in [0.25, 0.3) is 0 Å². The van der Waals surface area contributed by atoms with Gasteiger partial charge in [0.2, 0.25) is 0 Å². The fraction of sp³-hybridized carbons (Fsp3) is 0.333. The Balaban J connectivity index is 1.25. The summed E-state index contributed by atoms with van der Waals surface area (Å²) in [5.74, 6) is 0. The molecule has 2 aliphatic rings. The summed E-state index contributed by atoms with van der Waals surface area (Å²) in [5, 5.41) is 6.21. The molecule has 5 rings (SSSR count). The van der Waals surface area contributed by atoms with E-state index in [1.54, 1.807) is 0 Å². The van der Waals surface area contributed by atoms with Crippen molar-refractivity contribution < 1.29 is 9.47 Å². The largest absolute Gasteiger partial charge is 0.369 e. The van der Waals surface area contributed by atoms with Crippen LogP contribution in [0.4, 0.5) is 0 Å². The van der Waals surface area contributed by atoms with Crippen LogP contribution in [0.5, 0.6) is 0 Å². The second-order valence-electron chi connectivity index (χ2n) is 7.82. The predicted octanol–water partition coefficient (Wildman–Crippen LogP) is 5.21. The topological polar surface area (TPSA) is 30.5 Å². The zero-order chi connectivity index (χ0) is 18.9. The molecule has 3 aromatic rings. The zero-order valence-corrected chi connectivity index (χ0v) is 17.3. The van der Waals surface area contributed by atoms with E-state index in [1.165, 1.54) is 34.7 Å². The molecule has 2 fully saturated rings. The number of halogens is 1. The summed E-state index contributed by atoms with van der Waals surface area (Å²) in [6.07, 6.45) is 2.57. The van der Waals surface area contributed by atoms with Crippen molar-refractivity contribution >= 4 is 26.7 Å². The molecule has 2 heterocycles. The lowest BCUT2D eigenvalue weighted by molar-refractivity contribution is -0.0887. The minimum absolute atomic E-state index is 0.112. The molecule has 0 saturated carbocycles. The standard InChI is InChI=1S/C24H24BrNO2/c25-20-9-6-16(7-10-20)14-27-23-21-11-12-22(26-21)24(23)28-15-17-5-8-18-3-1-2-4-19(18)13-17/h1-10,13,21-24,26H,11-12,14-15H2/t21-,22+,23-,24+/m1/s1. The third kappa shape index (κ3) is 3.74. The van der Waals surface area contributed by atoms with E-state index >= 15 is 0 Å². The summed E-state index contributed by atoms with van der Waals surface area (Å²) >= 11 is 3.49. The minimum Gasteiger partial charge on any atom is -0.369 e. The van der Waals surface area contributed by atoms with Crippen LogP contribution in [0.3, 0.4) is 0 Å². The molecule has 0 aromatic heterocycles. The monoisotopic (exact) mass is 437 g/mol. The normalized spacial score (nSPS) is 26.2. The average Bonchev–Trinajstić information content (AvgIpc) is 3.33. The van der Waals surface area contributed by atoms with E-state index in [2.05, 4.69) is 88.0 Å². The molecule has 144 valence electrons. The number of benzene rings is 3. The van der Waals surface area contributed by atoms with Crippen molar-refractivity contribution in [3.8, 4) is 0 Å². The molecule has 0 aliphatic carbocycles. The van der Waals surface area contributed by atoms with Gasteiger partial charge in [-0.3, -0.25) is 0 Å². The smallest absolute Gasteiger partial charge is 0.101 e. The Morgan fingerprint density at radius 3 is 2.07 bits per heavy atom. The quantitative estimate of drug-likeness (QED) is 0.574. The highest BCUT2D eigenvalue weighted by atomic mass is 79.9. The summed E-state index contributed by atoms with van der Waals surface area (Å²) < 4.78 is 13.8. The van der Waals surface area contributed by atoms with E-state index in [0.29, 0.717) is 25.3 Å². The SMILES string of the molecule is Brc1ccc(CO[C@H]2[C@@H](OCc3ccc4ccccc4c3)[C@@H]3CC[C@H]2N3)cc1. The van der Waals surface area contributed by atoms with Gasteiger partial charge >= 0.3 is 0 Å². The fourth-order valence-corrected chi connectivity index (χ4v) is 4.76. The minimum atomic E-state index is 0.112. The number of ether oxygens (including phenoxy) is 2. The molecule has 28 heavy (non-hydrogen) atoms. The maximum Gasteiger partial charge on any atom is 0.101 e. The van der Waals surface area contributed by atoms with Gasteiger partial charge in [0.15, 0.2) is 0 Å². The second kappa shape index (κ2) is 7.96. The number of nitrogens with one attached hydrogen (secondary N) is 1. The summed E-state index contributed by atoms with van der Waals surface area (Å²) in [7, 11) is 0. The van der Waals surface area contributed by atoms with Crippen LogP contribution in [0.2, 0.25) is 0 Å². The molecule has 3 aromatic carbocycles. The molecule has 2 aliphatic heterocycles. The zero-order valence-electron chi connectivity index (χ0n) is 15.7. The highest BCUT2D eigenvalue weighted by molar-refractivity contribution is 9.10. The highest BCUT2D eigenvalue weighted by Gasteiger charge is 2.48. The lowest BCUT2D eigenvalue weighted by Gasteiger charge is -2.29. The molecule has 2 bridgehead atoms. The van der Waals surface area contributed by atoms with E-state index in [1.807, 2.05) is 0 Å². The Bertz CT molecular complexity index is 958. The van der Waals surface area contributed by atoms with Crippen molar-refractivity contribution in [3.63, 3.8) is 0 Å². The first kappa shape index (κ1) is 18.3. The Labute approximate surface area is 174 Å². The van der Waals surface area contributed by atoms with Gasteiger partial charge < -0.3 is 14.8 Å². The lowest BCUT2D eigenvalue weighted by Crippen LogP contribution is -2.40. The van der Waals surface area contributed by atoms with Crippen molar-refractivity contribution in [2.45, 2.75) is 50.3 Å². The molecule has 0 spiro atoms. The van der Waals surface area contributed by atoms with Crippen molar-refractivity contribution in [2.24, 2.45) is 0 Å². The third-order valence-electron chi connectivity index (χ3n) is 5.95. The Hall–Kier alpha value is -1.72. The Morgan fingerprint density at radius 2 is 1.36 bits per heavy atom. The molecule has 0 radical (unpaired) electrons. The van der Waals surface area contributed by atoms with Crippen molar-refractivity contribution in [1.82, 2.24) is 5.32 Å². The van der Waals surface area contributed by atoms with Crippen molar-refractivity contribution in [1.29, 1.82) is 0 Å². The number of hydrogen-bond donors (Lipinski definition) is 1. The molecule has 0 unspecified atom stereocenters. The fourth-order valence-electron chi connectivity index (χ4n) is 4.49. The summed E-state index contributed by atoms with van der Waals surface area (Å²) in [6, 6.07) is 24.2. The highest BCUT2D eigenvalue weighted by Crippen LogP contribution is 2.34. The molecular weight excluding hydrogens is 414 g/mol. The number of hydrogen-bond acceptors (Lipinski definition) is 3. The van der Waals surface area contributed by atoms with Gasteiger partial charge in [-0.25, -0.2) is 0 Å². The van der Waals surface area contributed by atoms with Gasteiger partial charge in [0.1, 0.15) is 12.2 Å². The lowest BCUT2D eigenvalue weighted by atomic mass is 9.94. The summed E-state index contributed by atoms with van der Waals surface area (Å²) in [4.78, 5) is 0. The van der Waals surface area contributed by atoms with Gasteiger partial charge in [0, 0.05) is 16.6 Å². The van der Waals surface area contributed by atoms with Crippen LogP contribution in [-0.2, 0) is 22.7 Å². The molecule has 3 nitrogen and oxygen atoms in total. The summed E-state index contributed by atoms with van der Waals surface area (Å²) in [6.45, 7) is 1.25. The van der Waals surface area contributed by atoms with Crippen LogP contribution >= 0.6 is 15.9 Å². The first-order chi connectivity index (χ1) is 13.8. The second-order valence-corrected chi connectivity index (χ2v) is 8.73. The first-order valence-corrected chi connectivity index (χ1v) is 10.8. The maximum atomic E-state index is 6.40. The van der Waals surface area contributed by atoms with Gasteiger partial charge in [-0.15, -0.1) is 0 Å². The molecule has 0 amide bonds. The Kier molecular flexibility index (Phi) is 5.20. The molecule has 4 heteroatoms. The van der Waals surface area contributed by atoms with E-state index in [9.17, 15) is 0 Å². The molecule has 1 N–H and O–H groups in total. The predicted molar refractivity (Wildman–Crippen MR) is 115 cm³/mol. The third-order valence-corrected chi connectivity index (χ3v) is 6.47. The molecule has 2 saturated heterocycles. The van der Waals surface area contributed by atoms with Crippen LogP contribution in [0.1, 0.15) is 24.0 Å². The van der Waals surface area contributed by atoms with Gasteiger partial charge in [0.05, 0.1) is 13.2 Å². The van der Waals surface area contributed by atoms with Crippen LogP contribution in [0.25, 0.3) is 10.8 Å². The summed E-state index contributed by atoms with van der Waals surface area (Å²) in [5.41, 5.74) is 2.41. The average molecular weight is 438 g/mol. The number of rotatable bonds is 6. The van der Waals surface area contributed by atoms with Crippen LogP contribution in [0, 0.1) is 0 Å². The van der Waals surface area contributed by atoms with Crippen LogP contribution in [0.15, 0.2) is 71.2 Å². The van der Waals surface area contributed by atoms with E-state index in [-0.39, 0.29) is 12.2 Å². The number of fused-ring (bicyclic) bond motifs is 3. The van der Waals surface area contributed by atoms with E-state index in [4.69, 9.17) is 9.47 Å². The molecule has 4 atom stereocenters. The van der Waals surface area contributed by atoms with Gasteiger partial charge in [-0.2, -0.15) is 0 Å². The van der Waals surface area contributed by atoms with Crippen LogP contribution < -0.4 is 5.32 Å². The Morgan fingerprint density at radius 1 is 0.750 bits per heavy atom. The van der Waals surface area contributed by atoms with Gasteiger partial charge in [-0.05, 0) is 52.9 Å². The van der Waals surface area contributed by atoms with Gasteiger partial charge in [-0.1, -0.05) is 64.5 Å². The van der Waals surface area contributed by atoms with Crippen molar-refractivity contribution in [2.75, 3.05) is 0 Å². The van der Waals surface area contributed by atoms with Crippen LogP contribution in [-0.4, -0.2) is 24.3 Å². The maximum absolute atomic E-state index is 6.40. The van der Waals surface area contributed by atoms with E-state index in [0.717, 1.165) is 4.47 Å². The molecular formula is C24H24BrNO2. The van der Waals surface area contributed by atoms with Crippen molar-refractivity contribution in [3.05, 3.63) is 82.3 Å². The first-order valence-electron chi connectivity index (χ1n) is 9.98. The van der Waals surface area contributed by atoms with E-state index < -0.39 is 0 Å².